The molecule has 0 aliphatic carbocycles. The highest BCUT2D eigenvalue weighted by Crippen LogP contribution is 2.36. The topological polar surface area (TPSA) is 39.5 Å². The molecule has 0 saturated heterocycles. The fraction of sp³-hybridized carbons (Fsp3) is 0.0625. The van der Waals surface area contributed by atoms with Crippen LogP contribution in [0.4, 0.5) is 0 Å². The van der Waals surface area contributed by atoms with Gasteiger partial charge in [-0.1, -0.05) is 72.8 Å². The zero-order valence-electron chi connectivity index (χ0n) is 20.5. The molecule has 0 aliphatic rings. The van der Waals surface area contributed by atoms with Gasteiger partial charge in [0, 0.05) is 30.1 Å². The van der Waals surface area contributed by atoms with E-state index >= 15 is 0 Å². The molecule has 178 valence electrons. The van der Waals surface area contributed by atoms with E-state index < -0.39 is 0 Å². The van der Waals surface area contributed by atoms with Gasteiger partial charge in [0.25, 0.3) is 0 Å². The normalized spacial score (nSPS) is 11.5. The zero-order chi connectivity index (χ0) is 24.8. The van der Waals surface area contributed by atoms with E-state index in [1.807, 2.05) is 12.1 Å². The van der Waals surface area contributed by atoms with Crippen LogP contribution in [0.25, 0.3) is 56.6 Å². The summed E-state index contributed by atoms with van der Waals surface area (Å²) in [4.78, 5) is 10.4. The Balaban J connectivity index is 1.44. The summed E-state index contributed by atoms with van der Waals surface area (Å²) >= 11 is 0. The van der Waals surface area contributed by atoms with Crippen LogP contribution in [0.1, 0.15) is 6.92 Å². The predicted octanol–water partition coefficient (Wildman–Crippen LogP) is 7.47. The summed E-state index contributed by atoms with van der Waals surface area (Å²) in [5, 5.41) is 0. The molecule has 0 radical (unpaired) electrons. The number of pyridine rings is 2. The summed E-state index contributed by atoms with van der Waals surface area (Å²) in [6.45, 7) is 2.98. The fourth-order valence-corrected chi connectivity index (χ4v) is 5.26. The molecule has 0 fully saturated rings. The Bertz CT molecular complexity index is 1720. The lowest BCUT2D eigenvalue weighted by atomic mass is 10.2. The Hall–Kier alpha value is -4.90. The van der Waals surface area contributed by atoms with Crippen LogP contribution in [0.15, 0.2) is 122 Å². The van der Waals surface area contributed by atoms with Crippen molar-refractivity contribution < 1.29 is 0 Å². The van der Waals surface area contributed by atoms with Crippen LogP contribution in [0, 0.1) is 0 Å². The quantitative estimate of drug-likeness (QED) is 0.257. The molecule has 0 amide bonds. The van der Waals surface area contributed by atoms with Gasteiger partial charge in [-0.15, -0.1) is 0 Å². The molecule has 5 nitrogen and oxygen atoms in total. The Labute approximate surface area is 214 Å². The second kappa shape index (κ2) is 8.64. The van der Waals surface area contributed by atoms with Crippen molar-refractivity contribution in [2.45, 2.75) is 13.5 Å². The lowest BCUT2D eigenvalue weighted by Crippen LogP contribution is -2.00. The number of rotatable bonds is 5. The SMILES string of the molecule is CCn1c(-c2nc(-c3ccccc3)n3ccccc23)ccc1-c1nc(-c2ccccc2)n2ccccc12. The third kappa shape index (κ3) is 3.39. The van der Waals surface area contributed by atoms with Crippen LogP contribution in [-0.4, -0.2) is 23.3 Å². The van der Waals surface area contributed by atoms with Gasteiger partial charge in [0.15, 0.2) is 0 Å². The molecule has 7 rings (SSSR count). The van der Waals surface area contributed by atoms with E-state index in [9.17, 15) is 0 Å². The third-order valence-corrected chi connectivity index (χ3v) is 6.94. The highest BCUT2D eigenvalue weighted by atomic mass is 15.1. The summed E-state index contributed by atoms with van der Waals surface area (Å²) < 4.78 is 6.68. The molecule has 7 aromatic rings. The molecule has 0 bridgehead atoms. The number of aromatic nitrogens is 5. The molecule has 0 saturated carbocycles. The standard InChI is InChI=1S/C32H25N5/c1-2-35-27(29-25-17-9-11-21-36(25)31(33-29)23-13-5-3-6-14-23)19-20-28(35)30-26-18-10-12-22-37(26)32(34-30)24-15-7-4-8-16-24/h3-22H,2H2,1H3. The second-order valence-electron chi connectivity index (χ2n) is 9.06. The Kier molecular flexibility index (Phi) is 5.00. The lowest BCUT2D eigenvalue weighted by Gasteiger charge is -2.09. The summed E-state index contributed by atoms with van der Waals surface area (Å²) in [6, 6.07) is 37.6. The van der Waals surface area contributed by atoms with Gasteiger partial charge < -0.3 is 4.57 Å². The molecule has 5 heterocycles. The van der Waals surface area contributed by atoms with Gasteiger partial charge in [0.05, 0.1) is 22.4 Å². The lowest BCUT2D eigenvalue weighted by molar-refractivity contribution is 0.782. The first kappa shape index (κ1) is 21.4. The van der Waals surface area contributed by atoms with Crippen molar-refractivity contribution in [3.8, 4) is 45.6 Å². The van der Waals surface area contributed by atoms with E-state index in [0.717, 1.165) is 63.1 Å². The van der Waals surface area contributed by atoms with Crippen LogP contribution in [0.5, 0.6) is 0 Å². The van der Waals surface area contributed by atoms with Gasteiger partial charge in [-0.3, -0.25) is 8.80 Å². The number of nitrogens with zero attached hydrogens (tertiary/aromatic N) is 5. The smallest absolute Gasteiger partial charge is 0.145 e. The highest BCUT2D eigenvalue weighted by molar-refractivity contribution is 5.85. The van der Waals surface area contributed by atoms with Crippen LogP contribution in [0.3, 0.4) is 0 Å². The van der Waals surface area contributed by atoms with Crippen LogP contribution in [-0.2, 0) is 6.54 Å². The Morgan fingerprint density at radius 2 is 0.946 bits per heavy atom. The first-order valence-electron chi connectivity index (χ1n) is 12.6. The van der Waals surface area contributed by atoms with Gasteiger partial charge in [0.1, 0.15) is 23.0 Å². The summed E-state index contributed by atoms with van der Waals surface area (Å²) in [5.41, 5.74) is 8.47. The van der Waals surface area contributed by atoms with E-state index in [0.29, 0.717) is 0 Å². The summed E-state index contributed by atoms with van der Waals surface area (Å²) in [7, 11) is 0. The van der Waals surface area contributed by atoms with E-state index in [2.05, 4.69) is 130 Å². The third-order valence-electron chi connectivity index (χ3n) is 6.94. The van der Waals surface area contributed by atoms with Crippen molar-refractivity contribution in [1.82, 2.24) is 23.3 Å². The summed E-state index contributed by atoms with van der Waals surface area (Å²) in [6.07, 6.45) is 4.17. The van der Waals surface area contributed by atoms with E-state index in [4.69, 9.17) is 9.97 Å². The van der Waals surface area contributed by atoms with Gasteiger partial charge in [0.2, 0.25) is 0 Å². The van der Waals surface area contributed by atoms with Crippen molar-refractivity contribution in [2.75, 3.05) is 0 Å². The number of hydrogen-bond donors (Lipinski definition) is 0. The average Bonchev–Trinajstić information content (AvgIpc) is 3.67. The largest absolute Gasteiger partial charge is 0.338 e. The first-order valence-corrected chi connectivity index (χ1v) is 12.6. The van der Waals surface area contributed by atoms with E-state index in [1.54, 1.807) is 0 Å². The first-order chi connectivity index (χ1) is 18.3. The minimum Gasteiger partial charge on any atom is -0.338 e. The molecule has 37 heavy (non-hydrogen) atoms. The monoisotopic (exact) mass is 479 g/mol. The zero-order valence-corrected chi connectivity index (χ0v) is 20.5. The van der Waals surface area contributed by atoms with Crippen molar-refractivity contribution in [2.24, 2.45) is 0 Å². The van der Waals surface area contributed by atoms with Gasteiger partial charge >= 0.3 is 0 Å². The molecule has 5 aromatic heterocycles. The number of hydrogen-bond acceptors (Lipinski definition) is 2. The Morgan fingerprint density at radius 3 is 1.38 bits per heavy atom. The number of imidazole rings is 2. The molecule has 2 aromatic carbocycles. The average molecular weight is 480 g/mol. The molecule has 0 unspecified atom stereocenters. The van der Waals surface area contributed by atoms with Crippen molar-refractivity contribution in [3.63, 3.8) is 0 Å². The van der Waals surface area contributed by atoms with Gasteiger partial charge in [-0.2, -0.15) is 0 Å². The minimum atomic E-state index is 0.802. The molecular weight excluding hydrogens is 454 g/mol. The maximum Gasteiger partial charge on any atom is 0.145 e. The van der Waals surface area contributed by atoms with Crippen molar-refractivity contribution in [1.29, 1.82) is 0 Å². The predicted molar refractivity (Wildman–Crippen MR) is 149 cm³/mol. The van der Waals surface area contributed by atoms with E-state index in [-0.39, 0.29) is 0 Å². The number of benzene rings is 2. The van der Waals surface area contributed by atoms with E-state index in [1.165, 1.54) is 0 Å². The van der Waals surface area contributed by atoms with Crippen LogP contribution >= 0.6 is 0 Å². The second-order valence-corrected chi connectivity index (χ2v) is 9.06. The molecule has 0 aliphatic heterocycles. The number of fused-ring (bicyclic) bond motifs is 2. The minimum absolute atomic E-state index is 0.802. The van der Waals surface area contributed by atoms with Gasteiger partial charge in [-0.25, -0.2) is 9.97 Å². The van der Waals surface area contributed by atoms with Crippen molar-refractivity contribution >= 4 is 11.0 Å². The Morgan fingerprint density at radius 1 is 0.514 bits per heavy atom. The highest BCUT2D eigenvalue weighted by Gasteiger charge is 2.21. The van der Waals surface area contributed by atoms with Crippen LogP contribution < -0.4 is 0 Å². The van der Waals surface area contributed by atoms with Crippen molar-refractivity contribution in [3.05, 3.63) is 122 Å². The molecule has 0 N–H and O–H groups in total. The molecule has 0 atom stereocenters. The van der Waals surface area contributed by atoms with Gasteiger partial charge in [-0.05, 0) is 43.3 Å². The fourth-order valence-electron chi connectivity index (χ4n) is 5.26. The maximum atomic E-state index is 5.18. The van der Waals surface area contributed by atoms with Crippen LogP contribution in [0.2, 0.25) is 0 Å². The molecule has 5 heteroatoms. The summed E-state index contributed by atoms with van der Waals surface area (Å²) in [5.74, 6) is 1.88. The molecular formula is C32H25N5. The molecule has 0 spiro atoms. The maximum absolute atomic E-state index is 5.18.